The molecule has 1 aliphatic rings. The zero-order valence-electron chi connectivity index (χ0n) is 11.8. The van der Waals surface area contributed by atoms with Crippen molar-refractivity contribution in [1.82, 2.24) is 10.2 Å². The molecule has 22 heavy (non-hydrogen) atoms. The van der Waals surface area contributed by atoms with Gasteiger partial charge in [-0.15, -0.1) is 0 Å². The number of halogens is 5. The van der Waals surface area contributed by atoms with Crippen LogP contribution in [0.4, 0.5) is 13.2 Å². The third-order valence-corrected chi connectivity index (χ3v) is 5.16. The Kier molecular flexibility index (Phi) is 6.60. The Labute approximate surface area is 154 Å². The van der Waals surface area contributed by atoms with Crippen LogP contribution in [0.1, 0.15) is 24.4 Å². The van der Waals surface area contributed by atoms with E-state index in [4.69, 9.17) is 0 Å². The summed E-state index contributed by atoms with van der Waals surface area (Å²) in [5, 5.41) is 13.5. The predicted molar refractivity (Wildman–Crippen MR) is 96.0 cm³/mol. The second kappa shape index (κ2) is 7.84. The summed E-state index contributed by atoms with van der Waals surface area (Å²) >= 11 is 4.14. The van der Waals surface area contributed by atoms with Crippen LogP contribution < -0.4 is 5.32 Å². The Morgan fingerprint density at radius 2 is 1.86 bits per heavy atom. The standard InChI is InChI=1S/C14H17F3I2N2O/c15-14(16,17)2-1-12(21-5-3-20-4-6-21)10-7-9(18)8-11(19)13(10)22/h7-8,12,20,22H,1-6H2/t12-/m1/s1. The van der Waals surface area contributed by atoms with E-state index in [1.807, 2.05) is 33.6 Å². The molecule has 2 N–H and O–H groups in total. The minimum atomic E-state index is -4.18. The van der Waals surface area contributed by atoms with Gasteiger partial charge in [0.25, 0.3) is 0 Å². The molecule has 1 aromatic rings. The number of phenolic OH excluding ortho intramolecular Hbond substituents is 1. The first-order chi connectivity index (χ1) is 10.3. The average Bonchev–Trinajstić information content (AvgIpc) is 2.44. The van der Waals surface area contributed by atoms with E-state index >= 15 is 0 Å². The van der Waals surface area contributed by atoms with Crippen LogP contribution >= 0.6 is 45.2 Å². The van der Waals surface area contributed by atoms with E-state index in [2.05, 4.69) is 27.9 Å². The highest BCUT2D eigenvalue weighted by Gasteiger charge is 2.32. The summed E-state index contributed by atoms with van der Waals surface area (Å²) in [4.78, 5) is 2.03. The molecule has 0 aliphatic carbocycles. The number of alkyl halides is 3. The van der Waals surface area contributed by atoms with E-state index in [0.717, 1.165) is 16.7 Å². The molecule has 3 nitrogen and oxygen atoms in total. The topological polar surface area (TPSA) is 35.5 Å². The second-order valence-electron chi connectivity index (χ2n) is 5.28. The maximum Gasteiger partial charge on any atom is 0.389 e. The molecule has 1 saturated heterocycles. The zero-order valence-corrected chi connectivity index (χ0v) is 16.1. The Balaban J connectivity index is 2.30. The van der Waals surface area contributed by atoms with Gasteiger partial charge in [-0.3, -0.25) is 4.90 Å². The van der Waals surface area contributed by atoms with Crippen molar-refractivity contribution in [2.24, 2.45) is 0 Å². The molecule has 8 heteroatoms. The van der Waals surface area contributed by atoms with Gasteiger partial charge < -0.3 is 10.4 Å². The minimum Gasteiger partial charge on any atom is -0.506 e. The number of phenols is 1. The maximum atomic E-state index is 12.7. The van der Waals surface area contributed by atoms with Gasteiger partial charge in [0.15, 0.2) is 0 Å². The van der Waals surface area contributed by atoms with Crippen LogP contribution in [0, 0.1) is 7.14 Å². The lowest BCUT2D eigenvalue weighted by Gasteiger charge is -2.36. The van der Waals surface area contributed by atoms with Crippen LogP contribution in [0.3, 0.4) is 0 Å². The molecule has 1 heterocycles. The third-order valence-electron chi connectivity index (χ3n) is 3.71. The molecule has 0 unspecified atom stereocenters. The van der Waals surface area contributed by atoms with E-state index in [1.54, 1.807) is 6.07 Å². The highest BCUT2D eigenvalue weighted by molar-refractivity contribution is 14.1. The van der Waals surface area contributed by atoms with Gasteiger partial charge in [-0.25, -0.2) is 0 Å². The average molecular weight is 540 g/mol. The van der Waals surface area contributed by atoms with Crippen LogP contribution in [0.2, 0.25) is 0 Å². The lowest BCUT2D eigenvalue weighted by Crippen LogP contribution is -2.45. The molecule has 1 atom stereocenters. The fourth-order valence-electron chi connectivity index (χ4n) is 2.67. The number of rotatable bonds is 4. The van der Waals surface area contributed by atoms with Crippen molar-refractivity contribution in [3.05, 3.63) is 24.8 Å². The van der Waals surface area contributed by atoms with Crippen molar-refractivity contribution in [2.45, 2.75) is 25.1 Å². The molecule has 0 aromatic heterocycles. The first-order valence-corrected chi connectivity index (χ1v) is 9.13. The smallest absolute Gasteiger partial charge is 0.389 e. The maximum absolute atomic E-state index is 12.7. The Morgan fingerprint density at radius 3 is 2.45 bits per heavy atom. The molecule has 1 fully saturated rings. The van der Waals surface area contributed by atoms with Crippen LogP contribution in [0.5, 0.6) is 5.75 Å². The van der Waals surface area contributed by atoms with Crippen molar-refractivity contribution in [3.63, 3.8) is 0 Å². The highest BCUT2D eigenvalue weighted by atomic mass is 127. The summed E-state index contributed by atoms with van der Waals surface area (Å²) in [6.07, 6.45) is -5.06. The third kappa shape index (κ3) is 5.10. The lowest BCUT2D eigenvalue weighted by molar-refractivity contribution is -0.138. The van der Waals surface area contributed by atoms with Crippen LogP contribution in [0.15, 0.2) is 12.1 Å². The van der Waals surface area contributed by atoms with Crippen LogP contribution in [0.25, 0.3) is 0 Å². The second-order valence-corrected chi connectivity index (χ2v) is 7.69. The molecule has 0 bridgehead atoms. The van der Waals surface area contributed by atoms with Crippen molar-refractivity contribution < 1.29 is 18.3 Å². The Bertz CT molecular complexity index is 520. The highest BCUT2D eigenvalue weighted by Crippen LogP contribution is 2.38. The summed E-state index contributed by atoms with van der Waals surface area (Å²) in [6, 6.07) is 3.20. The van der Waals surface area contributed by atoms with Gasteiger partial charge in [0.2, 0.25) is 0 Å². The molecule has 0 spiro atoms. The predicted octanol–water partition coefficient (Wildman–Crippen LogP) is 3.89. The summed E-state index contributed by atoms with van der Waals surface area (Å²) in [7, 11) is 0. The number of hydrogen-bond donors (Lipinski definition) is 2. The molecule has 2 rings (SSSR count). The molecular formula is C14H17F3I2N2O. The lowest BCUT2D eigenvalue weighted by atomic mass is 9.98. The van der Waals surface area contributed by atoms with E-state index in [0.29, 0.717) is 22.2 Å². The Morgan fingerprint density at radius 1 is 1.23 bits per heavy atom. The molecule has 1 aromatic carbocycles. The first-order valence-electron chi connectivity index (χ1n) is 6.97. The number of aromatic hydroxyl groups is 1. The van der Waals surface area contributed by atoms with Gasteiger partial charge in [0.05, 0.1) is 3.57 Å². The molecule has 124 valence electrons. The van der Waals surface area contributed by atoms with Crippen LogP contribution in [-0.2, 0) is 0 Å². The SMILES string of the molecule is Oc1c(I)cc(I)cc1[C@@H](CCC(F)(F)F)N1CCNCC1. The van der Waals surface area contributed by atoms with E-state index < -0.39 is 18.6 Å². The van der Waals surface area contributed by atoms with E-state index in [1.165, 1.54) is 0 Å². The van der Waals surface area contributed by atoms with Gasteiger partial charge in [-0.2, -0.15) is 13.2 Å². The minimum absolute atomic E-state index is 0.0345. The molecule has 0 radical (unpaired) electrons. The number of piperazine rings is 1. The van der Waals surface area contributed by atoms with Gasteiger partial charge in [-0.05, 0) is 63.7 Å². The molecule has 0 saturated carbocycles. The largest absolute Gasteiger partial charge is 0.506 e. The molecular weight excluding hydrogens is 523 g/mol. The van der Waals surface area contributed by atoms with Crippen molar-refractivity contribution in [1.29, 1.82) is 0 Å². The number of hydrogen-bond acceptors (Lipinski definition) is 3. The zero-order chi connectivity index (χ0) is 16.3. The molecule has 0 amide bonds. The van der Waals surface area contributed by atoms with Gasteiger partial charge in [0.1, 0.15) is 5.75 Å². The van der Waals surface area contributed by atoms with Crippen molar-refractivity contribution in [2.75, 3.05) is 26.2 Å². The van der Waals surface area contributed by atoms with Gasteiger partial charge >= 0.3 is 6.18 Å². The van der Waals surface area contributed by atoms with Crippen LogP contribution in [-0.4, -0.2) is 42.4 Å². The summed E-state index contributed by atoms with van der Waals surface area (Å²) in [6.45, 7) is 2.88. The number of nitrogens with one attached hydrogen (secondary N) is 1. The normalized spacial score (nSPS) is 18.4. The van der Waals surface area contributed by atoms with Gasteiger partial charge in [0, 0.05) is 47.8 Å². The molecule has 1 aliphatic heterocycles. The quantitative estimate of drug-likeness (QED) is 0.570. The van der Waals surface area contributed by atoms with E-state index in [-0.39, 0.29) is 12.2 Å². The van der Waals surface area contributed by atoms with E-state index in [9.17, 15) is 18.3 Å². The van der Waals surface area contributed by atoms with Crippen molar-refractivity contribution in [3.8, 4) is 5.75 Å². The number of benzene rings is 1. The summed E-state index contributed by atoms with van der Waals surface area (Å²) < 4.78 is 39.6. The first kappa shape index (κ1) is 18.5. The Hall–Kier alpha value is 0.190. The summed E-state index contributed by atoms with van der Waals surface area (Å²) in [5.41, 5.74) is 0.599. The van der Waals surface area contributed by atoms with Crippen molar-refractivity contribution >= 4 is 45.2 Å². The van der Waals surface area contributed by atoms with Gasteiger partial charge in [-0.1, -0.05) is 0 Å². The fourth-order valence-corrected chi connectivity index (χ4v) is 4.56. The monoisotopic (exact) mass is 540 g/mol. The number of nitrogens with zero attached hydrogens (tertiary/aromatic N) is 1. The summed E-state index contributed by atoms with van der Waals surface area (Å²) in [5.74, 6) is 0.103. The fraction of sp³-hybridized carbons (Fsp3) is 0.571.